The standard InChI is InChI=1S/C13H10ClFO2/c1-7-5-10(8(2)17-7)13(16)9-3-4-12(15)11(14)6-9/h3-6H,1-2H3. The molecule has 2 aromatic rings. The summed E-state index contributed by atoms with van der Waals surface area (Å²) in [6.07, 6.45) is 0. The summed E-state index contributed by atoms with van der Waals surface area (Å²) in [6, 6.07) is 5.57. The second kappa shape index (κ2) is 4.34. The average Bonchev–Trinajstić information content (AvgIpc) is 2.61. The van der Waals surface area contributed by atoms with Gasteiger partial charge in [-0.15, -0.1) is 0 Å². The Kier molecular flexibility index (Phi) is 3.03. The lowest BCUT2D eigenvalue weighted by atomic mass is 10.0. The van der Waals surface area contributed by atoms with Crippen LogP contribution in [-0.2, 0) is 0 Å². The first-order valence-electron chi connectivity index (χ1n) is 5.06. The number of furan rings is 1. The summed E-state index contributed by atoms with van der Waals surface area (Å²) in [7, 11) is 0. The highest BCUT2D eigenvalue weighted by Crippen LogP contribution is 2.21. The van der Waals surface area contributed by atoms with Gasteiger partial charge in [0.2, 0.25) is 0 Å². The summed E-state index contributed by atoms with van der Waals surface area (Å²) < 4.78 is 18.3. The zero-order valence-electron chi connectivity index (χ0n) is 9.38. The van der Waals surface area contributed by atoms with Crippen molar-refractivity contribution >= 4 is 17.4 Å². The Balaban J connectivity index is 2.44. The molecule has 0 saturated carbocycles. The number of benzene rings is 1. The van der Waals surface area contributed by atoms with E-state index >= 15 is 0 Å². The molecule has 88 valence electrons. The van der Waals surface area contributed by atoms with Crippen LogP contribution in [0.5, 0.6) is 0 Å². The first-order valence-corrected chi connectivity index (χ1v) is 5.43. The number of aryl methyl sites for hydroxylation is 2. The molecule has 0 radical (unpaired) electrons. The van der Waals surface area contributed by atoms with E-state index in [1.165, 1.54) is 18.2 Å². The zero-order chi connectivity index (χ0) is 12.6. The SMILES string of the molecule is Cc1cc(C(=O)c2ccc(F)c(Cl)c2)c(C)o1. The van der Waals surface area contributed by atoms with Gasteiger partial charge in [0.1, 0.15) is 17.3 Å². The Morgan fingerprint density at radius 1 is 1.29 bits per heavy atom. The molecule has 0 atom stereocenters. The second-order valence-corrected chi connectivity index (χ2v) is 4.19. The number of carbonyl (C=O) groups is 1. The van der Waals surface area contributed by atoms with Gasteiger partial charge in [-0.25, -0.2) is 4.39 Å². The van der Waals surface area contributed by atoms with E-state index in [0.29, 0.717) is 22.6 Å². The van der Waals surface area contributed by atoms with Crippen molar-refractivity contribution in [1.82, 2.24) is 0 Å². The van der Waals surface area contributed by atoms with Crippen molar-refractivity contribution in [2.45, 2.75) is 13.8 Å². The van der Waals surface area contributed by atoms with Gasteiger partial charge in [0, 0.05) is 5.56 Å². The Hall–Kier alpha value is -1.61. The summed E-state index contributed by atoms with van der Waals surface area (Å²) in [4.78, 5) is 12.1. The van der Waals surface area contributed by atoms with E-state index in [2.05, 4.69) is 0 Å². The summed E-state index contributed by atoms with van der Waals surface area (Å²) in [6.45, 7) is 3.48. The molecule has 0 saturated heterocycles. The fourth-order valence-corrected chi connectivity index (χ4v) is 1.83. The molecule has 0 fully saturated rings. The maximum absolute atomic E-state index is 13.0. The third-order valence-electron chi connectivity index (χ3n) is 2.47. The van der Waals surface area contributed by atoms with Gasteiger partial charge in [0.05, 0.1) is 10.6 Å². The van der Waals surface area contributed by atoms with E-state index in [4.69, 9.17) is 16.0 Å². The van der Waals surface area contributed by atoms with Crippen LogP contribution in [0.3, 0.4) is 0 Å². The first kappa shape index (κ1) is 11.9. The molecule has 0 spiro atoms. The summed E-state index contributed by atoms with van der Waals surface area (Å²) >= 11 is 5.64. The van der Waals surface area contributed by atoms with Gasteiger partial charge in [-0.05, 0) is 38.1 Å². The van der Waals surface area contributed by atoms with E-state index in [0.717, 1.165) is 0 Å². The van der Waals surface area contributed by atoms with Crippen LogP contribution in [0.15, 0.2) is 28.7 Å². The van der Waals surface area contributed by atoms with Crippen LogP contribution in [0, 0.1) is 19.7 Å². The maximum atomic E-state index is 13.0. The van der Waals surface area contributed by atoms with Crippen molar-refractivity contribution in [3.8, 4) is 0 Å². The van der Waals surface area contributed by atoms with Crippen molar-refractivity contribution in [3.05, 3.63) is 57.8 Å². The largest absolute Gasteiger partial charge is 0.466 e. The minimum absolute atomic E-state index is 0.0614. The van der Waals surface area contributed by atoms with E-state index in [9.17, 15) is 9.18 Å². The van der Waals surface area contributed by atoms with Crippen LogP contribution in [0.2, 0.25) is 5.02 Å². The minimum atomic E-state index is -0.539. The fraction of sp³-hybridized carbons (Fsp3) is 0.154. The highest BCUT2D eigenvalue weighted by Gasteiger charge is 2.16. The molecular weight excluding hydrogens is 243 g/mol. The van der Waals surface area contributed by atoms with Crippen LogP contribution in [-0.4, -0.2) is 5.78 Å². The third kappa shape index (κ3) is 2.24. The van der Waals surface area contributed by atoms with Crippen molar-refractivity contribution < 1.29 is 13.6 Å². The van der Waals surface area contributed by atoms with Crippen molar-refractivity contribution in [2.24, 2.45) is 0 Å². The number of hydrogen-bond donors (Lipinski definition) is 0. The van der Waals surface area contributed by atoms with Crippen molar-refractivity contribution in [3.63, 3.8) is 0 Å². The quantitative estimate of drug-likeness (QED) is 0.759. The molecule has 17 heavy (non-hydrogen) atoms. The Bertz CT molecular complexity index is 587. The van der Waals surface area contributed by atoms with Crippen LogP contribution in [0.1, 0.15) is 27.4 Å². The molecule has 2 rings (SSSR count). The summed E-state index contributed by atoms with van der Waals surface area (Å²) in [5, 5.41) is -0.0614. The molecule has 0 aliphatic heterocycles. The molecule has 0 bridgehead atoms. The van der Waals surface area contributed by atoms with Crippen LogP contribution < -0.4 is 0 Å². The topological polar surface area (TPSA) is 30.2 Å². The molecular formula is C13H10ClFO2. The van der Waals surface area contributed by atoms with E-state index in [1.807, 2.05) is 0 Å². The molecule has 1 heterocycles. The van der Waals surface area contributed by atoms with Gasteiger partial charge in [-0.2, -0.15) is 0 Å². The molecule has 4 heteroatoms. The van der Waals surface area contributed by atoms with E-state index in [-0.39, 0.29) is 10.8 Å². The van der Waals surface area contributed by atoms with Crippen LogP contribution >= 0.6 is 11.6 Å². The number of carbonyl (C=O) groups excluding carboxylic acids is 1. The molecule has 1 aromatic carbocycles. The first-order chi connectivity index (χ1) is 7.99. The predicted octanol–water partition coefficient (Wildman–Crippen LogP) is 3.92. The minimum Gasteiger partial charge on any atom is -0.466 e. The number of hydrogen-bond acceptors (Lipinski definition) is 2. The molecule has 0 N–H and O–H groups in total. The summed E-state index contributed by atoms with van der Waals surface area (Å²) in [5.41, 5.74) is 0.825. The molecule has 2 nitrogen and oxygen atoms in total. The highest BCUT2D eigenvalue weighted by molar-refractivity contribution is 6.31. The highest BCUT2D eigenvalue weighted by atomic mass is 35.5. The maximum Gasteiger partial charge on any atom is 0.196 e. The fourth-order valence-electron chi connectivity index (χ4n) is 1.65. The normalized spacial score (nSPS) is 10.6. The van der Waals surface area contributed by atoms with E-state index in [1.54, 1.807) is 19.9 Å². The molecule has 1 aromatic heterocycles. The zero-order valence-corrected chi connectivity index (χ0v) is 10.1. The van der Waals surface area contributed by atoms with Crippen molar-refractivity contribution in [1.29, 1.82) is 0 Å². The Morgan fingerprint density at radius 2 is 2.00 bits per heavy atom. The van der Waals surface area contributed by atoms with E-state index < -0.39 is 5.82 Å². The molecule has 0 unspecified atom stereocenters. The van der Waals surface area contributed by atoms with Gasteiger partial charge in [-0.3, -0.25) is 4.79 Å². The summed E-state index contributed by atoms with van der Waals surface area (Å²) in [5.74, 6) is 0.455. The molecule has 0 aliphatic rings. The third-order valence-corrected chi connectivity index (χ3v) is 2.76. The van der Waals surface area contributed by atoms with Crippen LogP contribution in [0.4, 0.5) is 4.39 Å². The number of ketones is 1. The lowest BCUT2D eigenvalue weighted by Crippen LogP contribution is -2.01. The number of halogens is 2. The smallest absolute Gasteiger partial charge is 0.196 e. The lowest BCUT2D eigenvalue weighted by Gasteiger charge is -2.00. The predicted molar refractivity (Wildman–Crippen MR) is 63.0 cm³/mol. The van der Waals surface area contributed by atoms with Gasteiger partial charge in [0.15, 0.2) is 5.78 Å². The number of rotatable bonds is 2. The van der Waals surface area contributed by atoms with Gasteiger partial charge >= 0.3 is 0 Å². The lowest BCUT2D eigenvalue weighted by molar-refractivity contribution is 0.103. The van der Waals surface area contributed by atoms with Crippen LogP contribution in [0.25, 0.3) is 0 Å². The monoisotopic (exact) mass is 252 g/mol. The average molecular weight is 253 g/mol. The van der Waals surface area contributed by atoms with Gasteiger partial charge < -0.3 is 4.42 Å². The molecule has 0 aliphatic carbocycles. The Morgan fingerprint density at radius 3 is 2.53 bits per heavy atom. The molecule has 0 amide bonds. The van der Waals surface area contributed by atoms with Gasteiger partial charge in [-0.1, -0.05) is 11.6 Å². The second-order valence-electron chi connectivity index (χ2n) is 3.78. The van der Waals surface area contributed by atoms with Gasteiger partial charge in [0.25, 0.3) is 0 Å². The van der Waals surface area contributed by atoms with Crippen molar-refractivity contribution in [2.75, 3.05) is 0 Å². The Labute approximate surface area is 103 Å².